The first kappa shape index (κ1) is 20.2. The third-order valence-corrected chi connectivity index (χ3v) is 7.35. The number of Topliss-reactive ketones (excluding diaryl/α,β-unsaturated/α-hetero) is 1. The molecule has 5 rings (SSSR count). The topological polar surface area (TPSA) is 37.4 Å². The fourth-order valence-electron chi connectivity index (χ4n) is 5.34. The van der Waals surface area contributed by atoms with Crippen molar-refractivity contribution in [3.63, 3.8) is 0 Å². The van der Waals surface area contributed by atoms with Crippen molar-refractivity contribution in [3.05, 3.63) is 100 Å². The van der Waals surface area contributed by atoms with E-state index >= 15 is 0 Å². The normalized spacial score (nSPS) is 22.7. The lowest BCUT2D eigenvalue weighted by Gasteiger charge is -2.34. The molecule has 4 heteroatoms. The summed E-state index contributed by atoms with van der Waals surface area (Å²) in [7, 11) is 0. The summed E-state index contributed by atoms with van der Waals surface area (Å²) in [5, 5.41) is 0. The molecule has 0 radical (unpaired) electrons. The molecule has 2 atom stereocenters. The first-order valence-electron chi connectivity index (χ1n) is 10.8. The average Bonchev–Trinajstić information content (AvgIpc) is 3.32. The van der Waals surface area contributed by atoms with Crippen molar-refractivity contribution >= 4 is 33.3 Å². The van der Waals surface area contributed by atoms with Gasteiger partial charge in [0.1, 0.15) is 5.78 Å². The highest BCUT2D eigenvalue weighted by molar-refractivity contribution is 9.10. The summed E-state index contributed by atoms with van der Waals surface area (Å²) in [4.78, 5) is 28.5. The minimum absolute atomic E-state index is 0.0313. The van der Waals surface area contributed by atoms with Crippen LogP contribution >= 0.6 is 15.9 Å². The Hall–Kier alpha value is -2.72. The molecule has 1 amide bonds. The Bertz CT molecular complexity index is 1130. The molecule has 2 aliphatic rings. The maximum absolute atomic E-state index is 14.3. The van der Waals surface area contributed by atoms with Gasteiger partial charge >= 0.3 is 0 Å². The molecule has 1 saturated carbocycles. The first-order valence-corrected chi connectivity index (χ1v) is 11.6. The van der Waals surface area contributed by atoms with Gasteiger partial charge in [0, 0.05) is 23.0 Å². The summed E-state index contributed by atoms with van der Waals surface area (Å²) in [6.45, 7) is 0.528. The Morgan fingerprint density at radius 3 is 2.29 bits per heavy atom. The van der Waals surface area contributed by atoms with E-state index in [2.05, 4.69) is 52.3 Å². The molecular weight excluding hydrogens is 450 g/mol. The van der Waals surface area contributed by atoms with Crippen molar-refractivity contribution in [1.82, 2.24) is 0 Å². The van der Waals surface area contributed by atoms with Crippen LogP contribution < -0.4 is 4.90 Å². The molecule has 0 N–H and O–H groups in total. The molecule has 1 heterocycles. The lowest BCUT2D eigenvalue weighted by molar-refractivity contribution is -0.125. The van der Waals surface area contributed by atoms with Crippen LogP contribution in [-0.4, -0.2) is 11.7 Å². The van der Waals surface area contributed by atoms with Crippen LogP contribution in [0.15, 0.2) is 83.3 Å². The van der Waals surface area contributed by atoms with Crippen LogP contribution in [0.2, 0.25) is 0 Å². The minimum Gasteiger partial charge on any atom is -0.307 e. The minimum atomic E-state index is -0.695. The van der Waals surface area contributed by atoms with Crippen LogP contribution in [0.3, 0.4) is 0 Å². The second-order valence-electron chi connectivity index (χ2n) is 8.65. The predicted molar refractivity (Wildman–Crippen MR) is 126 cm³/mol. The molecule has 3 nitrogen and oxygen atoms in total. The summed E-state index contributed by atoms with van der Waals surface area (Å²) in [5.74, 6) is 0.429. The Kier molecular flexibility index (Phi) is 5.27. The molecule has 0 unspecified atom stereocenters. The van der Waals surface area contributed by atoms with Crippen molar-refractivity contribution in [1.29, 1.82) is 0 Å². The van der Waals surface area contributed by atoms with Gasteiger partial charge in [-0.15, -0.1) is 0 Å². The third kappa shape index (κ3) is 3.53. The Morgan fingerprint density at radius 1 is 0.871 bits per heavy atom. The first-order chi connectivity index (χ1) is 15.1. The number of anilines is 1. The van der Waals surface area contributed by atoms with Gasteiger partial charge in [-0.25, -0.2) is 0 Å². The van der Waals surface area contributed by atoms with Crippen LogP contribution in [0.5, 0.6) is 0 Å². The maximum atomic E-state index is 14.3. The van der Waals surface area contributed by atoms with Gasteiger partial charge in [-0.2, -0.15) is 0 Å². The van der Waals surface area contributed by atoms with Gasteiger partial charge in [-0.3, -0.25) is 9.59 Å². The van der Waals surface area contributed by atoms with E-state index in [0.717, 1.165) is 33.3 Å². The lowest BCUT2D eigenvalue weighted by atomic mass is 9.66. The van der Waals surface area contributed by atoms with E-state index in [1.807, 2.05) is 47.4 Å². The van der Waals surface area contributed by atoms with E-state index in [9.17, 15) is 9.59 Å². The molecule has 0 aromatic heterocycles. The number of rotatable bonds is 5. The number of fused-ring (bicyclic) bond motifs is 1. The molecular formula is C27H24BrNO2. The molecule has 1 fully saturated rings. The van der Waals surface area contributed by atoms with Crippen LogP contribution in [0.4, 0.5) is 5.69 Å². The van der Waals surface area contributed by atoms with Gasteiger partial charge in [-0.05, 0) is 53.6 Å². The van der Waals surface area contributed by atoms with Crippen molar-refractivity contribution in [3.8, 4) is 0 Å². The second kappa shape index (κ2) is 8.08. The zero-order chi connectivity index (χ0) is 21.4. The molecule has 0 saturated heterocycles. The molecule has 3 aromatic rings. The highest BCUT2D eigenvalue weighted by Gasteiger charge is 2.56. The molecule has 0 bridgehead atoms. The summed E-state index contributed by atoms with van der Waals surface area (Å²) >= 11 is 3.49. The fraction of sp³-hybridized carbons (Fsp3) is 0.259. The number of ketones is 1. The van der Waals surface area contributed by atoms with E-state index < -0.39 is 5.41 Å². The molecule has 1 aliphatic carbocycles. The molecule has 31 heavy (non-hydrogen) atoms. The highest BCUT2D eigenvalue weighted by Crippen LogP contribution is 2.52. The summed E-state index contributed by atoms with van der Waals surface area (Å²) in [6.07, 6.45) is 2.46. The molecule has 156 valence electrons. The van der Waals surface area contributed by atoms with E-state index in [0.29, 0.717) is 25.8 Å². The van der Waals surface area contributed by atoms with Gasteiger partial charge in [-0.1, -0.05) is 76.6 Å². The number of nitrogens with zero attached hydrogens (tertiary/aromatic N) is 1. The Labute approximate surface area is 191 Å². The summed E-state index contributed by atoms with van der Waals surface area (Å²) < 4.78 is 1.02. The van der Waals surface area contributed by atoms with Crippen LogP contribution in [0.25, 0.3) is 0 Å². The number of para-hydroxylation sites is 1. The zero-order valence-electron chi connectivity index (χ0n) is 17.3. The Balaban J connectivity index is 1.62. The number of carbonyl (C=O) groups is 2. The van der Waals surface area contributed by atoms with E-state index in [4.69, 9.17) is 0 Å². The highest BCUT2D eigenvalue weighted by atomic mass is 79.9. The smallest absolute Gasteiger partial charge is 0.238 e. The van der Waals surface area contributed by atoms with Crippen molar-refractivity contribution < 1.29 is 9.59 Å². The lowest BCUT2D eigenvalue weighted by Crippen LogP contribution is -2.46. The van der Waals surface area contributed by atoms with Gasteiger partial charge in [0.15, 0.2) is 0 Å². The molecule has 0 spiro atoms. The van der Waals surface area contributed by atoms with Crippen LogP contribution in [0, 0.1) is 5.92 Å². The van der Waals surface area contributed by atoms with Gasteiger partial charge in [0.25, 0.3) is 0 Å². The zero-order valence-corrected chi connectivity index (χ0v) is 18.8. The number of carbonyl (C=O) groups excluding carboxylic acids is 2. The van der Waals surface area contributed by atoms with Crippen molar-refractivity contribution in [2.75, 3.05) is 4.90 Å². The van der Waals surface area contributed by atoms with Gasteiger partial charge in [0.2, 0.25) is 5.91 Å². The SMILES string of the molecule is O=C1CC[C@H]([C@]2(Cc3ccccc3)C(=O)N(Cc3ccc(Br)cc3)c3ccccc32)C1. The van der Waals surface area contributed by atoms with Crippen LogP contribution in [-0.2, 0) is 28.0 Å². The second-order valence-corrected chi connectivity index (χ2v) is 9.56. The number of halogens is 1. The predicted octanol–water partition coefficient (Wildman–Crippen LogP) is 5.85. The van der Waals surface area contributed by atoms with Crippen molar-refractivity contribution in [2.24, 2.45) is 5.92 Å². The quantitative estimate of drug-likeness (QED) is 0.466. The van der Waals surface area contributed by atoms with Gasteiger partial charge in [0.05, 0.1) is 12.0 Å². The standard InChI is InChI=1S/C27H24BrNO2/c28-22-13-10-20(11-14-22)18-29-25-9-5-4-8-24(25)27(26(29)31,21-12-15-23(30)16-21)17-19-6-2-1-3-7-19/h1-11,13-14,21H,12,15-18H2/t21-,27-/m0/s1. The summed E-state index contributed by atoms with van der Waals surface area (Å²) in [6, 6.07) is 26.5. The van der Waals surface area contributed by atoms with Crippen LogP contribution in [0.1, 0.15) is 36.0 Å². The van der Waals surface area contributed by atoms with E-state index in [-0.39, 0.29) is 17.6 Å². The van der Waals surface area contributed by atoms with Crippen molar-refractivity contribution in [2.45, 2.75) is 37.6 Å². The van der Waals surface area contributed by atoms with Gasteiger partial charge < -0.3 is 4.90 Å². The molecule has 3 aromatic carbocycles. The third-order valence-electron chi connectivity index (χ3n) is 6.82. The number of amides is 1. The largest absolute Gasteiger partial charge is 0.307 e. The number of benzene rings is 3. The number of hydrogen-bond acceptors (Lipinski definition) is 2. The monoisotopic (exact) mass is 473 g/mol. The Morgan fingerprint density at radius 2 is 1.58 bits per heavy atom. The maximum Gasteiger partial charge on any atom is 0.238 e. The fourth-order valence-corrected chi connectivity index (χ4v) is 5.61. The number of hydrogen-bond donors (Lipinski definition) is 0. The molecule has 1 aliphatic heterocycles. The average molecular weight is 474 g/mol. The van der Waals surface area contributed by atoms with E-state index in [1.54, 1.807) is 0 Å². The van der Waals surface area contributed by atoms with E-state index in [1.165, 1.54) is 0 Å². The summed E-state index contributed by atoms with van der Waals surface area (Å²) in [5.41, 5.74) is 3.57.